The van der Waals surface area contributed by atoms with Crippen LogP contribution in [0.2, 0.25) is 0 Å². The van der Waals surface area contributed by atoms with Crippen molar-refractivity contribution in [2.75, 3.05) is 0 Å². The van der Waals surface area contributed by atoms with Crippen LogP contribution in [0.15, 0.2) is 24.3 Å². The summed E-state index contributed by atoms with van der Waals surface area (Å²) in [5.74, 6) is -0.359. The standard InChI is InChI=1S/C16H23NO4/c1-10(2)13(17(15(20)21)16(3,4)5)14(19)11-6-8-12(18)9-7-11/h6-10,13,18H,1-5H3,(H,20,21)/t13-/m0/s1. The van der Waals surface area contributed by atoms with Gasteiger partial charge in [0, 0.05) is 11.1 Å². The number of carbonyl (C=O) groups is 2. The van der Waals surface area contributed by atoms with E-state index >= 15 is 0 Å². The van der Waals surface area contributed by atoms with Crippen LogP contribution in [0.4, 0.5) is 4.79 Å². The van der Waals surface area contributed by atoms with Gasteiger partial charge in [-0.2, -0.15) is 0 Å². The fourth-order valence-corrected chi connectivity index (χ4v) is 2.34. The second-order valence-electron chi connectivity index (χ2n) is 6.42. The van der Waals surface area contributed by atoms with Gasteiger partial charge in [-0.3, -0.25) is 9.69 Å². The van der Waals surface area contributed by atoms with Gasteiger partial charge in [0.15, 0.2) is 5.78 Å². The molecule has 0 saturated heterocycles. The number of hydrogen-bond acceptors (Lipinski definition) is 3. The zero-order valence-electron chi connectivity index (χ0n) is 13.1. The average Bonchev–Trinajstić information content (AvgIpc) is 2.33. The summed E-state index contributed by atoms with van der Waals surface area (Å²) in [5.41, 5.74) is -0.296. The lowest BCUT2D eigenvalue weighted by molar-refractivity contribution is 0.0443. The number of phenolic OH excluding ortho intramolecular Hbond substituents is 1. The van der Waals surface area contributed by atoms with Gasteiger partial charge in [-0.15, -0.1) is 0 Å². The lowest BCUT2D eigenvalue weighted by Crippen LogP contribution is -2.56. The van der Waals surface area contributed by atoms with Crippen molar-refractivity contribution >= 4 is 11.9 Å². The summed E-state index contributed by atoms with van der Waals surface area (Å²) in [5, 5.41) is 18.8. The molecule has 1 atom stereocenters. The van der Waals surface area contributed by atoms with Crippen molar-refractivity contribution in [1.29, 1.82) is 0 Å². The first kappa shape index (κ1) is 17.0. The van der Waals surface area contributed by atoms with Crippen LogP contribution in [0.25, 0.3) is 0 Å². The number of amides is 1. The number of rotatable bonds is 4. The second-order valence-corrected chi connectivity index (χ2v) is 6.42. The first-order chi connectivity index (χ1) is 9.55. The van der Waals surface area contributed by atoms with Gasteiger partial charge < -0.3 is 10.2 Å². The zero-order valence-corrected chi connectivity index (χ0v) is 13.1. The molecular weight excluding hydrogens is 270 g/mol. The molecule has 1 aromatic rings. The summed E-state index contributed by atoms with van der Waals surface area (Å²) < 4.78 is 0. The Bertz CT molecular complexity index is 514. The van der Waals surface area contributed by atoms with Crippen LogP contribution < -0.4 is 0 Å². The van der Waals surface area contributed by atoms with E-state index in [1.807, 2.05) is 13.8 Å². The number of ketones is 1. The Morgan fingerprint density at radius 2 is 1.57 bits per heavy atom. The van der Waals surface area contributed by atoms with Crippen molar-refractivity contribution in [1.82, 2.24) is 4.90 Å². The molecule has 0 unspecified atom stereocenters. The number of phenols is 1. The Labute approximate surface area is 125 Å². The number of hydrogen-bond donors (Lipinski definition) is 2. The van der Waals surface area contributed by atoms with Gasteiger partial charge in [0.1, 0.15) is 11.8 Å². The number of aromatic hydroxyl groups is 1. The predicted molar refractivity (Wildman–Crippen MR) is 80.7 cm³/mol. The van der Waals surface area contributed by atoms with E-state index in [0.717, 1.165) is 0 Å². The molecular formula is C16H23NO4. The van der Waals surface area contributed by atoms with Gasteiger partial charge in [0.2, 0.25) is 0 Å². The van der Waals surface area contributed by atoms with Crippen LogP contribution in [-0.2, 0) is 0 Å². The Morgan fingerprint density at radius 3 is 1.90 bits per heavy atom. The molecule has 0 aliphatic heterocycles. The number of carboxylic acid groups (broad SMARTS) is 1. The van der Waals surface area contributed by atoms with E-state index in [4.69, 9.17) is 0 Å². The molecule has 0 fully saturated rings. The van der Waals surface area contributed by atoms with Crippen molar-refractivity contribution in [3.63, 3.8) is 0 Å². The molecule has 0 radical (unpaired) electrons. The van der Waals surface area contributed by atoms with Crippen molar-refractivity contribution in [3.8, 4) is 5.75 Å². The Kier molecular flexibility index (Phi) is 4.99. The van der Waals surface area contributed by atoms with Gasteiger partial charge in [-0.25, -0.2) is 4.79 Å². The number of Topliss-reactive ketones (excluding diaryl/α,β-unsaturated/α-hetero) is 1. The minimum Gasteiger partial charge on any atom is -0.508 e. The Hall–Kier alpha value is -2.04. The summed E-state index contributed by atoms with van der Waals surface area (Å²) >= 11 is 0. The first-order valence-corrected chi connectivity index (χ1v) is 6.91. The van der Waals surface area contributed by atoms with Crippen LogP contribution in [0, 0.1) is 5.92 Å². The van der Waals surface area contributed by atoms with Gasteiger partial charge in [-0.1, -0.05) is 13.8 Å². The monoisotopic (exact) mass is 293 g/mol. The highest BCUT2D eigenvalue weighted by molar-refractivity contribution is 6.01. The summed E-state index contributed by atoms with van der Waals surface area (Å²) in [7, 11) is 0. The SMILES string of the molecule is CC(C)[C@@H](C(=O)c1ccc(O)cc1)N(C(=O)O)C(C)(C)C. The minimum absolute atomic E-state index is 0.0681. The molecule has 0 spiro atoms. The summed E-state index contributed by atoms with van der Waals surface area (Å²) in [6, 6.07) is 5.09. The largest absolute Gasteiger partial charge is 0.508 e. The molecule has 1 aromatic carbocycles. The Balaban J connectivity index is 3.25. The molecule has 0 aromatic heterocycles. The average molecular weight is 293 g/mol. The van der Waals surface area contributed by atoms with Gasteiger partial charge in [0.05, 0.1) is 0 Å². The third-order valence-electron chi connectivity index (χ3n) is 3.26. The number of carbonyl (C=O) groups excluding carboxylic acids is 1. The topological polar surface area (TPSA) is 77.8 Å². The Morgan fingerprint density at radius 1 is 1.10 bits per heavy atom. The maximum absolute atomic E-state index is 12.7. The molecule has 1 rings (SSSR count). The minimum atomic E-state index is -1.12. The van der Waals surface area contributed by atoms with Crippen LogP contribution >= 0.6 is 0 Å². The quantitative estimate of drug-likeness (QED) is 0.834. The van der Waals surface area contributed by atoms with Crippen LogP contribution in [-0.4, -0.2) is 38.6 Å². The maximum Gasteiger partial charge on any atom is 0.408 e. The smallest absolute Gasteiger partial charge is 0.408 e. The molecule has 0 aliphatic carbocycles. The molecule has 0 aliphatic rings. The fraction of sp³-hybridized carbons (Fsp3) is 0.500. The highest BCUT2D eigenvalue weighted by Gasteiger charge is 2.39. The van der Waals surface area contributed by atoms with E-state index < -0.39 is 17.7 Å². The molecule has 0 heterocycles. The molecule has 116 valence electrons. The van der Waals surface area contributed by atoms with Crippen molar-refractivity contribution in [2.24, 2.45) is 5.92 Å². The molecule has 1 amide bonds. The summed E-state index contributed by atoms with van der Waals surface area (Å²) in [6.07, 6.45) is -1.12. The molecule has 0 saturated carbocycles. The second kappa shape index (κ2) is 6.16. The van der Waals surface area contributed by atoms with Crippen LogP contribution in [0.3, 0.4) is 0 Å². The van der Waals surface area contributed by atoms with E-state index in [9.17, 15) is 19.8 Å². The van der Waals surface area contributed by atoms with Gasteiger partial charge in [0.25, 0.3) is 0 Å². The van der Waals surface area contributed by atoms with E-state index in [0.29, 0.717) is 5.56 Å². The molecule has 0 bridgehead atoms. The van der Waals surface area contributed by atoms with Crippen molar-refractivity contribution in [2.45, 2.75) is 46.2 Å². The fourth-order valence-electron chi connectivity index (χ4n) is 2.34. The predicted octanol–water partition coefficient (Wildman–Crippen LogP) is 3.38. The highest BCUT2D eigenvalue weighted by atomic mass is 16.4. The van der Waals surface area contributed by atoms with Gasteiger partial charge >= 0.3 is 6.09 Å². The van der Waals surface area contributed by atoms with Crippen LogP contribution in [0.1, 0.15) is 45.0 Å². The summed E-state index contributed by atoms with van der Waals surface area (Å²) in [4.78, 5) is 25.5. The van der Waals surface area contributed by atoms with Crippen molar-refractivity contribution in [3.05, 3.63) is 29.8 Å². The highest BCUT2D eigenvalue weighted by Crippen LogP contribution is 2.25. The van der Waals surface area contributed by atoms with Gasteiger partial charge in [-0.05, 0) is 51.0 Å². The van der Waals surface area contributed by atoms with E-state index in [-0.39, 0.29) is 17.5 Å². The normalized spacial score (nSPS) is 13.0. The van der Waals surface area contributed by atoms with E-state index in [2.05, 4.69) is 0 Å². The van der Waals surface area contributed by atoms with Crippen LogP contribution in [0.5, 0.6) is 5.75 Å². The third kappa shape index (κ3) is 3.97. The summed E-state index contributed by atoms with van der Waals surface area (Å²) in [6.45, 7) is 8.94. The number of nitrogens with zero attached hydrogens (tertiary/aromatic N) is 1. The first-order valence-electron chi connectivity index (χ1n) is 6.91. The lowest BCUT2D eigenvalue weighted by Gasteiger charge is -2.40. The molecule has 21 heavy (non-hydrogen) atoms. The van der Waals surface area contributed by atoms with Crippen molar-refractivity contribution < 1.29 is 19.8 Å². The number of benzene rings is 1. The molecule has 5 heteroatoms. The maximum atomic E-state index is 12.7. The third-order valence-corrected chi connectivity index (χ3v) is 3.26. The lowest BCUT2D eigenvalue weighted by atomic mass is 9.90. The van der Waals surface area contributed by atoms with E-state index in [1.165, 1.54) is 29.2 Å². The van der Waals surface area contributed by atoms with E-state index in [1.54, 1.807) is 20.8 Å². The zero-order chi connectivity index (χ0) is 16.4. The molecule has 5 nitrogen and oxygen atoms in total. The molecule has 2 N–H and O–H groups in total.